The van der Waals surface area contributed by atoms with Gasteiger partial charge in [-0.3, -0.25) is 9.59 Å². The van der Waals surface area contributed by atoms with Gasteiger partial charge in [0.25, 0.3) is 0 Å². The molecule has 0 aromatic heterocycles. The van der Waals surface area contributed by atoms with Crippen molar-refractivity contribution in [2.75, 3.05) is 5.32 Å². The Kier molecular flexibility index (Phi) is 6.79. The van der Waals surface area contributed by atoms with E-state index in [0.717, 1.165) is 4.90 Å². The lowest BCUT2D eigenvalue weighted by molar-refractivity contribution is -0.124. The number of rotatable bonds is 6. The molecule has 0 saturated heterocycles. The molecule has 1 aliphatic rings. The molecule has 1 unspecified atom stereocenters. The molecule has 28 heavy (non-hydrogen) atoms. The molecule has 0 spiro atoms. The fraction of sp³-hybridized carbons (Fsp3) is 0.222. The van der Waals surface area contributed by atoms with E-state index in [1.807, 2.05) is 0 Å². The summed E-state index contributed by atoms with van der Waals surface area (Å²) in [5.74, 6) is -0.693. The molecule has 5 nitrogen and oxygen atoms in total. The highest BCUT2D eigenvalue weighted by Crippen LogP contribution is 2.38. The summed E-state index contributed by atoms with van der Waals surface area (Å²) in [6.45, 7) is -2.97. The van der Waals surface area contributed by atoms with Gasteiger partial charge in [0.2, 0.25) is 11.8 Å². The number of ether oxygens (including phenoxy) is 1. The highest BCUT2D eigenvalue weighted by atomic mass is 79.9. The summed E-state index contributed by atoms with van der Waals surface area (Å²) < 4.78 is 30.2. The lowest BCUT2D eigenvalue weighted by Crippen LogP contribution is -2.34. The first-order valence-electron chi connectivity index (χ1n) is 8.09. The van der Waals surface area contributed by atoms with Crippen molar-refractivity contribution in [2.45, 2.75) is 29.7 Å². The first-order valence-corrected chi connectivity index (χ1v) is 10.1. The average Bonchev–Trinajstić information content (AvgIpc) is 2.62. The van der Waals surface area contributed by atoms with Crippen molar-refractivity contribution in [2.24, 2.45) is 0 Å². The summed E-state index contributed by atoms with van der Waals surface area (Å²) in [6, 6.07) is 9.68. The SMILES string of the molecule is O=C(CC1Sc2ccc(Cl)cc2NC1=O)NCc1cc(Br)ccc1OC(F)F. The summed E-state index contributed by atoms with van der Waals surface area (Å²) >= 11 is 10.4. The van der Waals surface area contributed by atoms with Gasteiger partial charge in [-0.2, -0.15) is 8.78 Å². The Balaban J connectivity index is 1.61. The second-order valence-electron chi connectivity index (χ2n) is 5.85. The molecule has 0 bridgehead atoms. The third kappa shape index (κ3) is 5.36. The van der Waals surface area contributed by atoms with Crippen LogP contribution >= 0.6 is 39.3 Å². The summed E-state index contributed by atoms with van der Waals surface area (Å²) in [5.41, 5.74) is 1.01. The van der Waals surface area contributed by atoms with Gasteiger partial charge < -0.3 is 15.4 Å². The van der Waals surface area contributed by atoms with Crippen LogP contribution in [0.5, 0.6) is 5.75 Å². The van der Waals surface area contributed by atoms with E-state index in [1.165, 1.54) is 17.8 Å². The van der Waals surface area contributed by atoms with Crippen LogP contribution in [0.1, 0.15) is 12.0 Å². The summed E-state index contributed by atoms with van der Waals surface area (Å²) in [5, 5.41) is 5.28. The molecule has 10 heteroatoms. The first kappa shape index (κ1) is 20.9. The number of thioether (sulfide) groups is 1. The lowest BCUT2D eigenvalue weighted by Gasteiger charge is -2.24. The van der Waals surface area contributed by atoms with Gasteiger partial charge in [-0.25, -0.2) is 0 Å². The van der Waals surface area contributed by atoms with Gasteiger partial charge in [0.05, 0.1) is 10.9 Å². The fourth-order valence-electron chi connectivity index (χ4n) is 2.59. The highest BCUT2D eigenvalue weighted by Gasteiger charge is 2.29. The second-order valence-corrected chi connectivity index (χ2v) is 8.44. The van der Waals surface area contributed by atoms with Gasteiger partial charge in [0.15, 0.2) is 0 Å². The number of benzene rings is 2. The topological polar surface area (TPSA) is 67.4 Å². The van der Waals surface area contributed by atoms with Crippen molar-refractivity contribution in [3.05, 3.63) is 51.5 Å². The van der Waals surface area contributed by atoms with Crippen molar-refractivity contribution in [3.8, 4) is 5.75 Å². The summed E-state index contributed by atoms with van der Waals surface area (Å²) in [4.78, 5) is 25.3. The molecule has 3 rings (SSSR count). The number of anilines is 1. The molecule has 0 aliphatic carbocycles. The summed E-state index contributed by atoms with van der Waals surface area (Å²) in [7, 11) is 0. The van der Waals surface area contributed by atoms with Gasteiger partial charge in [-0.1, -0.05) is 27.5 Å². The van der Waals surface area contributed by atoms with E-state index in [1.54, 1.807) is 30.3 Å². The zero-order valence-electron chi connectivity index (χ0n) is 14.2. The van der Waals surface area contributed by atoms with Gasteiger partial charge in [-0.15, -0.1) is 11.8 Å². The molecule has 2 amide bonds. The minimum absolute atomic E-state index is 0.00841. The van der Waals surface area contributed by atoms with Crippen LogP contribution < -0.4 is 15.4 Å². The Hall–Kier alpha value is -1.84. The van der Waals surface area contributed by atoms with E-state index in [0.29, 0.717) is 20.7 Å². The van der Waals surface area contributed by atoms with Crippen molar-refractivity contribution in [1.82, 2.24) is 5.32 Å². The largest absolute Gasteiger partial charge is 0.434 e. The number of nitrogens with one attached hydrogen (secondary N) is 2. The fourth-order valence-corrected chi connectivity index (χ4v) is 4.26. The minimum atomic E-state index is -2.97. The lowest BCUT2D eigenvalue weighted by atomic mass is 10.2. The molecule has 2 aromatic carbocycles. The Bertz CT molecular complexity index is 916. The van der Waals surface area contributed by atoms with E-state index in [9.17, 15) is 18.4 Å². The maximum Gasteiger partial charge on any atom is 0.387 e. The molecule has 1 aliphatic heterocycles. The van der Waals surface area contributed by atoms with Crippen LogP contribution in [0.3, 0.4) is 0 Å². The van der Waals surface area contributed by atoms with Crippen molar-refractivity contribution in [3.63, 3.8) is 0 Å². The monoisotopic (exact) mass is 490 g/mol. The Morgan fingerprint density at radius 1 is 1.32 bits per heavy atom. The Morgan fingerprint density at radius 2 is 2.11 bits per heavy atom. The molecular weight excluding hydrogens is 478 g/mol. The standard InChI is InChI=1S/C18H14BrClF2N2O3S/c19-10-1-3-13(27-18(21)22)9(5-10)8-23-16(25)7-15-17(26)24-12-6-11(20)2-4-14(12)28-15/h1-6,15,18H,7-8H2,(H,23,25)(H,24,26). The molecule has 148 valence electrons. The average molecular weight is 492 g/mol. The maximum atomic E-state index is 12.5. The third-order valence-electron chi connectivity index (χ3n) is 3.85. The van der Waals surface area contributed by atoms with E-state index < -0.39 is 11.9 Å². The Morgan fingerprint density at radius 3 is 2.86 bits per heavy atom. The third-order valence-corrected chi connectivity index (χ3v) is 5.85. The predicted octanol–water partition coefficient (Wildman–Crippen LogP) is 4.82. The van der Waals surface area contributed by atoms with E-state index in [-0.39, 0.29) is 30.5 Å². The zero-order chi connectivity index (χ0) is 20.3. The van der Waals surface area contributed by atoms with Crippen LogP contribution in [0, 0.1) is 0 Å². The minimum Gasteiger partial charge on any atom is -0.434 e. The zero-order valence-corrected chi connectivity index (χ0v) is 17.3. The number of amides is 2. The number of fused-ring (bicyclic) bond motifs is 1. The van der Waals surface area contributed by atoms with Crippen LogP contribution in [0.2, 0.25) is 5.02 Å². The predicted molar refractivity (Wildman–Crippen MR) is 107 cm³/mol. The second kappa shape index (κ2) is 9.11. The number of carbonyl (C=O) groups excluding carboxylic acids is 2. The number of hydrogen-bond acceptors (Lipinski definition) is 4. The number of hydrogen-bond donors (Lipinski definition) is 2. The quantitative estimate of drug-likeness (QED) is 0.608. The molecule has 0 saturated carbocycles. The van der Waals surface area contributed by atoms with Crippen LogP contribution in [0.15, 0.2) is 45.8 Å². The molecule has 0 radical (unpaired) electrons. The molecule has 2 aromatic rings. The van der Waals surface area contributed by atoms with Crippen LogP contribution in [-0.4, -0.2) is 23.7 Å². The highest BCUT2D eigenvalue weighted by molar-refractivity contribution is 9.10. The van der Waals surface area contributed by atoms with Crippen molar-refractivity contribution in [1.29, 1.82) is 0 Å². The van der Waals surface area contributed by atoms with Crippen molar-refractivity contribution >= 4 is 56.8 Å². The molecule has 1 heterocycles. The smallest absolute Gasteiger partial charge is 0.387 e. The van der Waals surface area contributed by atoms with Crippen molar-refractivity contribution < 1.29 is 23.1 Å². The molecule has 2 N–H and O–H groups in total. The van der Waals surface area contributed by atoms with Gasteiger partial charge in [0, 0.05) is 32.9 Å². The van der Waals surface area contributed by atoms with Crippen LogP contribution in [-0.2, 0) is 16.1 Å². The maximum absolute atomic E-state index is 12.5. The van der Waals surface area contributed by atoms with E-state index in [2.05, 4.69) is 31.3 Å². The van der Waals surface area contributed by atoms with E-state index in [4.69, 9.17) is 11.6 Å². The summed E-state index contributed by atoms with van der Waals surface area (Å²) in [6.07, 6.45) is -0.0579. The van der Waals surface area contributed by atoms with E-state index >= 15 is 0 Å². The Labute approximate surface area is 177 Å². The molecular formula is C18H14BrClF2N2O3S. The molecule has 0 fully saturated rings. The van der Waals surface area contributed by atoms with Crippen LogP contribution in [0.4, 0.5) is 14.5 Å². The van der Waals surface area contributed by atoms with Gasteiger partial charge in [-0.05, 0) is 36.4 Å². The van der Waals surface area contributed by atoms with Gasteiger partial charge >= 0.3 is 6.61 Å². The normalized spacial score (nSPS) is 15.8. The number of carbonyl (C=O) groups is 2. The molecule has 1 atom stereocenters. The number of alkyl halides is 2. The van der Waals surface area contributed by atoms with Gasteiger partial charge in [0.1, 0.15) is 5.75 Å². The number of halogens is 4. The first-order chi connectivity index (χ1) is 13.3. The van der Waals surface area contributed by atoms with Crippen LogP contribution in [0.25, 0.3) is 0 Å².